The first-order valence-corrected chi connectivity index (χ1v) is 10.5. The minimum Gasteiger partial charge on any atom is -0.335 e. The van der Waals surface area contributed by atoms with Crippen LogP contribution in [0.4, 0.5) is 4.39 Å². The number of hydrogen-bond acceptors (Lipinski definition) is 4. The predicted molar refractivity (Wildman–Crippen MR) is 125 cm³/mol. The number of hydrogen-bond donors (Lipinski definition) is 3. The summed E-state index contributed by atoms with van der Waals surface area (Å²) < 4.78 is 13.7. The van der Waals surface area contributed by atoms with E-state index in [1.165, 1.54) is 23.3 Å². The molecule has 32 heavy (non-hydrogen) atoms. The third kappa shape index (κ3) is 3.78. The summed E-state index contributed by atoms with van der Waals surface area (Å²) in [5, 5.41) is 12.4. The van der Waals surface area contributed by atoms with E-state index in [2.05, 4.69) is 51.1 Å². The molecule has 0 unspecified atom stereocenters. The van der Waals surface area contributed by atoms with Crippen molar-refractivity contribution in [3.05, 3.63) is 76.3 Å². The van der Waals surface area contributed by atoms with Crippen molar-refractivity contribution in [1.82, 2.24) is 30.5 Å². The van der Waals surface area contributed by atoms with E-state index in [4.69, 9.17) is 4.98 Å². The minimum atomic E-state index is -0.300. The maximum Gasteiger partial charge on any atom is 0.159 e. The molecule has 0 radical (unpaired) electrons. The Morgan fingerprint density at radius 2 is 2.16 bits per heavy atom. The van der Waals surface area contributed by atoms with E-state index in [-0.39, 0.29) is 5.82 Å². The second-order valence-electron chi connectivity index (χ2n) is 7.84. The molecule has 0 bridgehead atoms. The van der Waals surface area contributed by atoms with Crippen molar-refractivity contribution in [2.45, 2.75) is 13.3 Å². The van der Waals surface area contributed by atoms with Crippen LogP contribution < -0.4 is 15.9 Å². The molecule has 0 atom stereocenters. The summed E-state index contributed by atoms with van der Waals surface area (Å²) in [5.41, 5.74) is 6.18. The Hall–Kier alpha value is -3.84. The number of nitrogens with one attached hydrogen (secondary N) is 3. The highest BCUT2D eigenvalue weighted by Gasteiger charge is 2.14. The van der Waals surface area contributed by atoms with E-state index in [1.807, 2.05) is 12.1 Å². The summed E-state index contributed by atoms with van der Waals surface area (Å²) in [5.74, 6) is 0.291. The first-order chi connectivity index (χ1) is 15.6. The van der Waals surface area contributed by atoms with Crippen LogP contribution in [0.15, 0.2) is 60.0 Å². The SMILES string of the molecule is C=c1c(-c2nc3c(-c4cccc(F)c4)cncc3[nH]2)n[nH]/c1=C/C=C(\C)C1=CCNCC1. The number of pyridine rings is 1. The topological polar surface area (TPSA) is 82.3 Å². The lowest BCUT2D eigenvalue weighted by Crippen LogP contribution is -2.22. The van der Waals surface area contributed by atoms with Crippen molar-refractivity contribution >= 4 is 23.7 Å². The summed E-state index contributed by atoms with van der Waals surface area (Å²) in [6, 6.07) is 6.42. The highest BCUT2D eigenvalue weighted by atomic mass is 19.1. The molecular formula is C25H23FN6. The van der Waals surface area contributed by atoms with E-state index in [0.29, 0.717) is 17.0 Å². The molecule has 0 saturated carbocycles. The molecule has 1 aromatic carbocycles. The number of aromatic nitrogens is 5. The summed E-state index contributed by atoms with van der Waals surface area (Å²) >= 11 is 0. The first-order valence-electron chi connectivity index (χ1n) is 10.5. The van der Waals surface area contributed by atoms with E-state index in [1.54, 1.807) is 18.5 Å². The summed E-state index contributed by atoms with van der Waals surface area (Å²) in [6.07, 6.45) is 10.7. The highest BCUT2D eigenvalue weighted by Crippen LogP contribution is 2.28. The lowest BCUT2D eigenvalue weighted by Gasteiger charge is -2.13. The number of rotatable bonds is 4. The molecular weight excluding hydrogens is 403 g/mol. The van der Waals surface area contributed by atoms with Crippen molar-refractivity contribution < 1.29 is 4.39 Å². The molecule has 0 aliphatic carbocycles. The van der Waals surface area contributed by atoms with E-state index in [0.717, 1.165) is 46.7 Å². The van der Waals surface area contributed by atoms with Gasteiger partial charge in [-0.3, -0.25) is 10.1 Å². The average Bonchev–Trinajstić information content (AvgIpc) is 3.41. The smallest absolute Gasteiger partial charge is 0.159 e. The van der Waals surface area contributed by atoms with Crippen LogP contribution in [-0.4, -0.2) is 38.2 Å². The van der Waals surface area contributed by atoms with Gasteiger partial charge in [0.2, 0.25) is 0 Å². The van der Waals surface area contributed by atoms with Crippen molar-refractivity contribution in [3.8, 4) is 22.6 Å². The fourth-order valence-electron chi connectivity index (χ4n) is 3.92. The van der Waals surface area contributed by atoms with Crippen molar-refractivity contribution in [3.63, 3.8) is 0 Å². The molecule has 6 nitrogen and oxygen atoms in total. The molecule has 4 heterocycles. The van der Waals surface area contributed by atoms with Crippen molar-refractivity contribution in [1.29, 1.82) is 0 Å². The largest absolute Gasteiger partial charge is 0.335 e. The van der Waals surface area contributed by atoms with Gasteiger partial charge in [-0.1, -0.05) is 30.9 Å². The fourth-order valence-corrected chi connectivity index (χ4v) is 3.92. The number of fused-ring (bicyclic) bond motifs is 1. The summed E-state index contributed by atoms with van der Waals surface area (Å²) in [7, 11) is 0. The number of benzene rings is 1. The predicted octanol–water partition coefficient (Wildman–Crippen LogP) is 3.21. The third-order valence-electron chi connectivity index (χ3n) is 5.72. The summed E-state index contributed by atoms with van der Waals surface area (Å²) in [4.78, 5) is 12.3. The molecule has 0 saturated heterocycles. The number of H-pyrrole nitrogens is 2. The summed E-state index contributed by atoms with van der Waals surface area (Å²) in [6.45, 7) is 8.24. The zero-order valence-corrected chi connectivity index (χ0v) is 17.7. The van der Waals surface area contributed by atoms with Crippen LogP contribution in [0.3, 0.4) is 0 Å². The maximum absolute atomic E-state index is 13.7. The Balaban J connectivity index is 1.53. The molecule has 160 valence electrons. The Morgan fingerprint density at radius 3 is 2.97 bits per heavy atom. The molecule has 0 spiro atoms. The highest BCUT2D eigenvalue weighted by molar-refractivity contribution is 5.92. The normalized spacial score (nSPS) is 15.4. The Kier molecular flexibility index (Phi) is 5.25. The first kappa shape index (κ1) is 20.1. The third-order valence-corrected chi connectivity index (χ3v) is 5.72. The fraction of sp³-hybridized carbons (Fsp3) is 0.160. The quantitative estimate of drug-likeness (QED) is 0.468. The van der Waals surface area contributed by atoms with Crippen LogP contribution in [0.5, 0.6) is 0 Å². The van der Waals surface area contributed by atoms with Crippen LogP contribution in [-0.2, 0) is 0 Å². The van der Waals surface area contributed by atoms with Crippen LogP contribution in [0.2, 0.25) is 0 Å². The Morgan fingerprint density at radius 1 is 1.25 bits per heavy atom. The van der Waals surface area contributed by atoms with E-state index < -0.39 is 0 Å². The Labute approximate surface area is 184 Å². The van der Waals surface area contributed by atoms with Gasteiger partial charge < -0.3 is 10.3 Å². The van der Waals surface area contributed by atoms with Crippen molar-refractivity contribution in [2.24, 2.45) is 0 Å². The monoisotopic (exact) mass is 426 g/mol. The molecule has 1 aliphatic heterocycles. The van der Waals surface area contributed by atoms with Crippen molar-refractivity contribution in [2.75, 3.05) is 13.1 Å². The average molecular weight is 426 g/mol. The molecule has 5 rings (SSSR count). The second kappa shape index (κ2) is 8.36. The molecule has 0 amide bonds. The molecule has 7 heteroatoms. The van der Waals surface area contributed by atoms with Crippen LogP contribution in [0.25, 0.3) is 46.3 Å². The molecule has 3 N–H and O–H groups in total. The van der Waals surface area contributed by atoms with Gasteiger partial charge in [0.1, 0.15) is 11.5 Å². The number of aromatic amines is 2. The molecule has 3 aromatic heterocycles. The zero-order valence-electron chi connectivity index (χ0n) is 17.7. The Bertz CT molecular complexity index is 1470. The van der Waals surface area contributed by atoms with Gasteiger partial charge in [-0.15, -0.1) is 0 Å². The lowest BCUT2D eigenvalue weighted by atomic mass is 10.0. The van der Waals surface area contributed by atoms with E-state index in [9.17, 15) is 4.39 Å². The van der Waals surface area contributed by atoms with Gasteiger partial charge in [0.05, 0.1) is 22.6 Å². The number of imidazole rings is 1. The number of allylic oxidation sites excluding steroid dienone is 2. The zero-order chi connectivity index (χ0) is 22.1. The number of nitrogens with zero attached hydrogens (tertiary/aromatic N) is 3. The van der Waals surface area contributed by atoms with Gasteiger partial charge in [0, 0.05) is 23.5 Å². The van der Waals surface area contributed by atoms with Crippen LogP contribution in [0, 0.1) is 5.82 Å². The lowest BCUT2D eigenvalue weighted by molar-refractivity contribution is 0.628. The van der Waals surface area contributed by atoms with Gasteiger partial charge in [-0.25, -0.2) is 9.37 Å². The van der Waals surface area contributed by atoms with Gasteiger partial charge >= 0.3 is 0 Å². The van der Waals surface area contributed by atoms with Gasteiger partial charge in [-0.2, -0.15) is 5.10 Å². The van der Waals surface area contributed by atoms with Crippen LogP contribution in [0.1, 0.15) is 13.3 Å². The van der Waals surface area contributed by atoms with Crippen LogP contribution >= 0.6 is 0 Å². The molecule has 4 aromatic rings. The van der Waals surface area contributed by atoms with Gasteiger partial charge in [0.25, 0.3) is 0 Å². The standard InChI is InChI=1S/C25H23FN6/c1-15(17-8-10-27-11-9-17)6-7-21-16(2)23(32-31-21)25-29-22-14-28-13-20(24(22)30-25)18-4-3-5-19(26)12-18/h3-8,12-14,27,31H,2,9-11H2,1H3,(H,29,30)/b15-6+,21-7+. The van der Waals surface area contributed by atoms with Gasteiger partial charge in [0.15, 0.2) is 5.82 Å². The van der Waals surface area contributed by atoms with Gasteiger partial charge in [-0.05, 0) is 54.8 Å². The van der Waals surface area contributed by atoms with E-state index >= 15 is 0 Å². The molecule has 1 aliphatic rings. The second-order valence-corrected chi connectivity index (χ2v) is 7.84. The minimum absolute atomic E-state index is 0.300. The maximum atomic E-state index is 13.7. The number of halogens is 1. The molecule has 0 fully saturated rings.